The van der Waals surface area contributed by atoms with Crippen molar-refractivity contribution in [1.29, 1.82) is 0 Å². The number of aryl methyl sites for hydroxylation is 1. The molecule has 0 saturated heterocycles. The highest BCUT2D eigenvalue weighted by molar-refractivity contribution is 5.39. The molecule has 2 nitrogen and oxygen atoms in total. The Kier molecular flexibility index (Phi) is 5.28. The zero-order valence-corrected chi connectivity index (χ0v) is 12.2. The van der Waals surface area contributed by atoms with Crippen molar-refractivity contribution in [2.24, 2.45) is 0 Å². The Morgan fingerprint density at radius 1 is 1.05 bits per heavy atom. The zero-order chi connectivity index (χ0) is 15.2. The van der Waals surface area contributed by atoms with Crippen molar-refractivity contribution in [3.05, 3.63) is 59.2 Å². The van der Waals surface area contributed by atoms with Crippen LogP contribution in [-0.2, 0) is 6.54 Å². The minimum Gasteiger partial charge on any atom is -0.457 e. The van der Waals surface area contributed by atoms with E-state index in [1.807, 2.05) is 0 Å². The summed E-state index contributed by atoms with van der Waals surface area (Å²) >= 11 is 0. The number of nitrogens with one attached hydrogen (secondary N) is 1. The van der Waals surface area contributed by atoms with Crippen molar-refractivity contribution in [2.75, 3.05) is 6.54 Å². The smallest absolute Gasteiger partial charge is 0.130 e. The topological polar surface area (TPSA) is 21.3 Å². The summed E-state index contributed by atoms with van der Waals surface area (Å²) in [6.45, 7) is 5.29. The van der Waals surface area contributed by atoms with Crippen LogP contribution in [0.2, 0.25) is 0 Å². The average molecular weight is 291 g/mol. The van der Waals surface area contributed by atoms with Crippen molar-refractivity contribution < 1.29 is 13.5 Å². The highest BCUT2D eigenvalue weighted by atomic mass is 19.1. The van der Waals surface area contributed by atoms with E-state index in [4.69, 9.17) is 4.74 Å². The quantitative estimate of drug-likeness (QED) is 0.787. The predicted molar refractivity (Wildman–Crippen MR) is 79.6 cm³/mol. The molecule has 1 N–H and O–H groups in total. The van der Waals surface area contributed by atoms with Crippen LogP contribution in [-0.4, -0.2) is 6.54 Å². The monoisotopic (exact) mass is 291 g/mol. The maximum Gasteiger partial charge on any atom is 0.130 e. The summed E-state index contributed by atoms with van der Waals surface area (Å²) < 4.78 is 32.4. The number of hydrogen-bond donors (Lipinski definition) is 1. The molecule has 2 rings (SSSR count). The second kappa shape index (κ2) is 7.18. The Labute approximate surface area is 123 Å². The molecule has 112 valence electrons. The Hall–Kier alpha value is -1.94. The van der Waals surface area contributed by atoms with Crippen LogP contribution in [0.5, 0.6) is 11.5 Å². The predicted octanol–water partition coefficient (Wildman–Crippen LogP) is 4.57. The fraction of sp³-hybridized carbons (Fsp3) is 0.294. The molecule has 0 aromatic heterocycles. The molecule has 0 aliphatic heterocycles. The van der Waals surface area contributed by atoms with Crippen molar-refractivity contribution in [3.63, 3.8) is 0 Å². The highest BCUT2D eigenvalue weighted by Crippen LogP contribution is 2.27. The van der Waals surface area contributed by atoms with Crippen LogP contribution in [0.3, 0.4) is 0 Å². The normalized spacial score (nSPS) is 10.7. The molecular formula is C17H19F2NO. The molecule has 4 heteroatoms. The molecule has 0 amide bonds. The van der Waals surface area contributed by atoms with Crippen molar-refractivity contribution >= 4 is 0 Å². The van der Waals surface area contributed by atoms with E-state index in [2.05, 4.69) is 12.2 Å². The number of benzene rings is 2. The number of rotatable bonds is 6. The second-order valence-corrected chi connectivity index (χ2v) is 4.98. The van der Waals surface area contributed by atoms with Crippen LogP contribution in [0.15, 0.2) is 36.4 Å². The van der Waals surface area contributed by atoms with Gasteiger partial charge in [-0.1, -0.05) is 6.92 Å². The van der Waals surface area contributed by atoms with Crippen LogP contribution < -0.4 is 10.1 Å². The lowest BCUT2D eigenvalue weighted by molar-refractivity contribution is 0.469. The third-order valence-electron chi connectivity index (χ3n) is 3.05. The van der Waals surface area contributed by atoms with Gasteiger partial charge in [0.15, 0.2) is 0 Å². The number of halogens is 2. The average Bonchev–Trinajstić information content (AvgIpc) is 2.42. The number of ether oxygens (including phenoxy) is 1. The molecule has 2 aromatic carbocycles. The van der Waals surface area contributed by atoms with E-state index >= 15 is 0 Å². The van der Waals surface area contributed by atoms with E-state index in [0.29, 0.717) is 23.6 Å². The largest absolute Gasteiger partial charge is 0.457 e. The first-order valence-electron chi connectivity index (χ1n) is 7.02. The zero-order valence-electron chi connectivity index (χ0n) is 12.2. The van der Waals surface area contributed by atoms with Gasteiger partial charge in [0.2, 0.25) is 0 Å². The maximum absolute atomic E-state index is 13.6. The van der Waals surface area contributed by atoms with Crippen LogP contribution in [0.25, 0.3) is 0 Å². The molecule has 21 heavy (non-hydrogen) atoms. The van der Waals surface area contributed by atoms with Gasteiger partial charge in [-0.2, -0.15) is 0 Å². The second-order valence-electron chi connectivity index (χ2n) is 4.98. The minimum absolute atomic E-state index is 0.316. The third-order valence-corrected chi connectivity index (χ3v) is 3.05. The summed E-state index contributed by atoms with van der Waals surface area (Å²) in [7, 11) is 0. The Morgan fingerprint density at radius 2 is 1.86 bits per heavy atom. The van der Waals surface area contributed by atoms with E-state index in [0.717, 1.165) is 18.5 Å². The summed E-state index contributed by atoms with van der Waals surface area (Å²) in [5.41, 5.74) is 1.49. The molecule has 0 unspecified atom stereocenters. The molecule has 0 saturated carbocycles. The Balaban J connectivity index is 2.15. The van der Waals surface area contributed by atoms with E-state index in [1.165, 1.54) is 24.3 Å². The Morgan fingerprint density at radius 3 is 2.57 bits per heavy atom. The van der Waals surface area contributed by atoms with E-state index < -0.39 is 0 Å². The van der Waals surface area contributed by atoms with Crippen LogP contribution >= 0.6 is 0 Å². The van der Waals surface area contributed by atoms with Crippen molar-refractivity contribution in [2.45, 2.75) is 26.8 Å². The lowest BCUT2D eigenvalue weighted by Crippen LogP contribution is -2.13. The van der Waals surface area contributed by atoms with Gasteiger partial charge in [-0.15, -0.1) is 0 Å². The van der Waals surface area contributed by atoms with Crippen LogP contribution in [0, 0.1) is 18.6 Å². The van der Waals surface area contributed by atoms with Gasteiger partial charge >= 0.3 is 0 Å². The van der Waals surface area contributed by atoms with Gasteiger partial charge in [-0.25, -0.2) is 8.78 Å². The summed E-state index contributed by atoms with van der Waals surface area (Å²) in [5, 5.41) is 3.22. The first kappa shape index (κ1) is 15.4. The molecule has 0 aliphatic carbocycles. The lowest BCUT2D eigenvalue weighted by atomic mass is 10.2. The van der Waals surface area contributed by atoms with Gasteiger partial charge in [-0.3, -0.25) is 0 Å². The fourth-order valence-electron chi connectivity index (χ4n) is 2.05. The summed E-state index contributed by atoms with van der Waals surface area (Å²) in [6, 6.07) is 8.85. The third kappa shape index (κ3) is 4.53. The van der Waals surface area contributed by atoms with E-state index in [-0.39, 0.29) is 11.6 Å². The maximum atomic E-state index is 13.6. The van der Waals surface area contributed by atoms with Gasteiger partial charge in [0.25, 0.3) is 0 Å². The lowest BCUT2D eigenvalue weighted by Gasteiger charge is -2.11. The SMILES string of the molecule is CCCNCc1cc(F)cc(Oc2ccc(F)cc2C)c1. The van der Waals surface area contributed by atoms with Gasteiger partial charge in [-0.05, 0) is 61.3 Å². The van der Waals surface area contributed by atoms with Crippen molar-refractivity contribution in [1.82, 2.24) is 5.32 Å². The van der Waals surface area contributed by atoms with Crippen molar-refractivity contribution in [3.8, 4) is 11.5 Å². The fourth-order valence-corrected chi connectivity index (χ4v) is 2.05. The van der Waals surface area contributed by atoms with E-state index in [9.17, 15) is 8.78 Å². The van der Waals surface area contributed by atoms with Crippen LogP contribution in [0.4, 0.5) is 8.78 Å². The molecule has 2 aromatic rings. The van der Waals surface area contributed by atoms with E-state index in [1.54, 1.807) is 19.1 Å². The van der Waals surface area contributed by atoms with Crippen LogP contribution in [0.1, 0.15) is 24.5 Å². The summed E-state index contributed by atoms with van der Waals surface area (Å²) in [5.74, 6) is 0.275. The summed E-state index contributed by atoms with van der Waals surface area (Å²) in [4.78, 5) is 0. The molecular weight excluding hydrogens is 272 g/mol. The standard InChI is InChI=1S/C17H19F2NO/c1-3-6-20-11-13-8-15(19)10-16(9-13)21-17-5-4-14(18)7-12(17)2/h4-5,7-10,20H,3,6,11H2,1-2H3. The molecule has 0 aliphatic rings. The first-order chi connectivity index (χ1) is 10.1. The summed E-state index contributed by atoms with van der Waals surface area (Å²) in [6.07, 6.45) is 1.02. The number of hydrogen-bond acceptors (Lipinski definition) is 2. The molecule has 0 fully saturated rings. The molecule has 0 bridgehead atoms. The molecule has 0 heterocycles. The van der Waals surface area contributed by atoms with Gasteiger partial charge in [0, 0.05) is 12.6 Å². The van der Waals surface area contributed by atoms with Gasteiger partial charge in [0.1, 0.15) is 23.1 Å². The van der Waals surface area contributed by atoms with Gasteiger partial charge < -0.3 is 10.1 Å². The first-order valence-corrected chi connectivity index (χ1v) is 7.02. The Bertz CT molecular complexity index is 614. The molecule has 0 radical (unpaired) electrons. The molecule has 0 atom stereocenters. The minimum atomic E-state index is -0.347. The molecule has 0 spiro atoms. The van der Waals surface area contributed by atoms with Gasteiger partial charge in [0.05, 0.1) is 0 Å². The highest BCUT2D eigenvalue weighted by Gasteiger charge is 2.06.